The van der Waals surface area contributed by atoms with E-state index in [2.05, 4.69) is 26.8 Å². The highest BCUT2D eigenvalue weighted by molar-refractivity contribution is 5.80. The molecule has 0 amide bonds. The lowest BCUT2D eigenvalue weighted by Gasteiger charge is -2.13. The molecular formula is C12H22O2. The summed E-state index contributed by atoms with van der Waals surface area (Å²) < 4.78 is 0. The Balaban J connectivity index is 3.70. The third-order valence-electron chi connectivity index (χ3n) is 2.31. The predicted molar refractivity (Wildman–Crippen MR) is 59.1 cm³/mol. The van der Waals surface area contributed by atoms with E-state index < -0.39 is 6.10 Å². The summed E-state index contributed by atoms with van der Waals surface area (Å²) in [6.45, 7) is 7.67. The van der Waals surface area contributed by atoms with E-state index in [1.54, 1.807) is 0 Å². The first kappa shape index (κ1) is 13.4. The highest BCUT2D eigenvalue weighted by atomic mass is 16.3. The predicted octanol–water partition coefficient (Wildman–Crippen LogP) is 2.71. The number of carbonyl (C=O) groups is 1. The van der Waals surface area contributed by atoms with Gasteiger partial charge in [-0.05, 0) is 46.0 Å². The van der Waals surface area contributed by atoms with Crippen molar-refractivity contribution in [2.24, 2.45) is 5.92 Å². The van der Waals surface area contributed by atoms with E-state index in [0.29, 0.717) is 12.3 Å². The second-order valence-corrected chi connectivity index (χ2v) is 4.33. The van der Waals surface area contributed by atoms with E-state index in [1.807, 2.05) is 0 Å². The molecule has 0 heterocycles. The summed E-state index contributed by atoms with van der Waals surface area (Å²) in [7, 11) is 0. The number of aliphatic hydroxyl groups is 1. The Bertz CT molecular complexity index is 202. The topological polar surface area (TPSA) is 37.3 Å². The molecule has 82 valence electrons. The Morgan fingerprint density at radius 3 is 2.36 bits per heavy atom. The lowest BCUT2D eigenvalue weighted by Crippen LogP contribution is -2.19. The van der Waals surface area contributed by atoms with E-state index in [0.717, 1.165) is 12.8 Å². The molecule has 0 unspecified atom stereocenters. The Kier molecular flexibility index (Phi) is 6.46. The van der Waals surface area contributed by atoms with E-state index >= 15 is 0 Å². The number of rotatable bonds is 6. The van der Waals surface area contributed by atoms with Gasteiger partial charge in [0.2, 0.25) is 0 Å². The van der Waals surface area contributed by atoms with Gasteiger partial charge in [-0.2, -0.15) is 0 Å². The van der Waals surface area contributed by atoms with Gasteiger partial charge < -0.3 is 5.11 Å². The van der Waals surface area contributed by atoms with E-state index in [9.17, 15) is 9.90 Å². The van der Waals surface area contributed by atoms with E-state index in [4.69, 9.17) is 0 Å². The quantitative estimate of drug-likeness (QED) is 0.666. The van der Waals surface area contributed by atoms with Gasteiger partial charge in [0.15, 0.2) is 5.78 Å². The summed E-state index contributed by atoms with van der Waals surface area (Å²) in [6.07, 6.45) is 4.09. The molecule has 0 rings (SSSR count). The fourth-order valence-electron chi connectivity index (χ4n) is 1.32. The second kappa shape index (κ2) is 6.77. The molecule has 1 N–H and O–H groups in total. The van der Waals surface area contributed by atoms with Gasteiger partial charge in [-0.1, -0.05) is 18.6 Å². The van der Waals surface area contributed by atoms with Crippen LogP contribution in [-0.2, 0) is 4.79 Å². The fraction of sp³-hybridized carbons (Fsp3) is 0.750. The average Bonchev–Trinajstić information content (AvgIpc) is 2.02. The van der Waals surface area contributed by atoms with Gasteiger partial charge in [-0.25, -0.2) is 0 Å². The monoisotopic (exact) mass is 198 g/mol. The van der Waals surface area contributed by atoms with Crippen molar-refractivity contribution in [2.45, 2.75) is 53.1 Å². The maximum absolute atomic E-state index is 10.8. The number of Topliss-reactive ketones (excluding diaryl/α,β-unsaturated/α-hetero) is 1. The zero-order chi connectivity index (χ0) is 11.1. The number of aliphatic hydroxyl groups excluding tert-OH is 1. The van der Waals surface area contributed by atoms with Gasteiger partial charge in [0, 0.05) is 0 Å². The molecule has 2 heteroatoms. The van der Waals surface area contributed by atoms with Gasteiger partial charge in [0.05, 0.1) is 0 Å². The smallest absolute Gasteiger partial charge is 0.158 e. The van der Waals surface area contributed by atoms with Gasteiger partial charge >= 0.3 is 0 Å². The molecule has 0 spiro atoms. The van der Waals surface area contributed by atoms with Gasteiger partial charge in [-0.3, -0.25) is 4.79 Å². The van der Waals surface area contributed by atoms with Crippen molar-refractivity contribution in [3.05, 3.63) is 11.6 Å². The zero-order valence-electron chi connectivity index (χ0n) is 9.71. The van der Waals surface area contributed by atoms with Crippen molar-refractivity contribution >= 4 is 5.78 Å². The molecule has 0 saturated heterocycles. The number of ketones is 1. The molecule has 0 aromatic rings. The molecule has 2 atom stereocenters. The maximum Gasteiger partial charge on any atom is 0.158 e. The van der Waals surface area contributed by atoms with Crippen molar-refractivity contribution < 1.29 is 9.90 Å². The molecular weight excluding hydrogens is 176 g/mol. The standard InChI is InChI=1S/C12H22O2/c1-9(2)6-5-7-10(3)8-12(14)11(4)13/h6,10,12,14H,5,7-8H2,1-4H3/t10-,12+/m0/s1. The minimum absolute atomic E-state index is 0.126. The molecule has 0 bridgehead atoms. The molecule has 0 aliphatic heterocycles. The lowest BCUT2D eigenvalue weighted by molar-refractivity contribution is -0.125. The summed E-state index contributed by atoms with van der Waals surface area (Å²) in [5, 5.41) is 9.34. The summed E-state index contributed by atoms with van der Waals surface area (Å²) in [6, 6.07) is 0. The molecule has 14 heavy (non-hydrogen) atoms. The van der Waals surface area contributed by atoms with Crippen LogP contribution in [0.2, 0.25) is 0 Å². The average molecular weight is 198 g/mol. The van der Waals surface area contributed by atoms with Gasteiger partial charge in [0.1, 0.15) is 6.10 Å². The molecule has 0 aliphatic rings. The summed E-state index contributed by atoms with van der Waals surface area (Å²) in [5.74, 6) is 0.281. The molecule has 0 aliphatic carbocycles. The van der Waals surface area contributed by atoms with Crippen LogP contribution in [0.3, 0.4) is 0 Å². The molecule has 0 fully saturated rings. The summed E-state index contributed by atoms with van der Waals surface area (Å²) in [4.78, 5) is 10.8. The second-order valence-electron chi connectivity index (χ2n) is 4.33. The number of hydrogen-bond acceptors (Lipinski definition) is 2. The molecule has 0 radical (unpaired) electrons. The number of allylic oxidation sites excluding steroid dienone is 2. The largest absolute Gasteiger partial charge is 0.385 e. The first-order valence-corrected chi connectivity index (χ1v) is 5.25. The van der Waals surface area contributed by atoms with Crippen LogP contribution in [0.1, 0.15) is 47.0 Å². The van der Waals surface area contributed by atoms with Crippen LogP contribution in [0.15, 0.2) is 11.6 Å². The van der Waals surface area contributed by atoms with Crippen LogP contribution in [-0.4, -0.2) is 17.0 Å². The summed E-state index contributed by atoms with van der Waals surface area (Å²) in [5.41, 5.74) is 1.32. The van der Waals surface area contributed by atoms with Gasteiger partial charge in [-0.15, -0.1) is 0 Å². The first-order valence-electron chi connectivity index (χ1n) is 5.25. The van der Waals surface area contributed by atoms with E-state index in [1.165, 1.54) is 12.5 Å². The van der Waals surface area contributed by atoms with Crippen LogP contribution in [0.5, 0.6) is 0 Å². The molecule has 0 aromatic heterocycles. The zero-order valence-corrected chi connectivity index (χ0v) is 9.71. The molecule has 2 nitrogen and oxygen atoms in total. The summed E-state index contributed by atoms with van der Waals surface area (Å²) >= 11 is 0. The van der Waals surface area contributed by atoms with Crippen LogP contribution >= 0.6 is 0 Å². The first-order chi connectivity index (χ1) is 6.43. The van der Waals surface area contributed by atoms with Gasteiger partial charge in [0.25, 0.3) is 0 Å². The lowest BCUT2D eigenvalue weighted by atomic mass is 9.96. The third-order valence-corrected chi connectivity index (χ3v) is 2.31. The Hall–Kier alpha value is -0.630. The third kappa shape index (κ3) is 6.84. The fourth-order valence-corrected chi connectivity index (χ4v) is 1.32. The van der Waals surface area contributed by atoms with Crippen molar-refractivity contribution in [1.82, 2.24) is 0 Å². The minimum Gasteiger partial charge on any atom is -0.385 e. The Morgan fingerprint density at radius 1 is 1.36 bits per heavy atom. The maximum atomic E-state index is 10.8. The highest BCUT2D eigenvalue weighted by Crippen LogP contribution is 2.14. The van der Waals surface area contributed by atoms with Crippen molar-refractivity contribution in [3.8, 4) is 0 Å². The minimum atomic E-state index is -0.767. The van der Waals surface area contributed by atoms with Crippen LogP contribution in [0, 0.1) is 5.92 Å². The molecule has 0 aromatic carbocycles. The number of hydrogen-bond donors (Lipinski definition) is 1. The number of carbonyl (C=O) groups excluding carboxylic acids is 1. The van der Waals surface area contributed by atoms with Crippen LogP contribution in [0.4, 0.5) is 0 Å². The van der Waals surface area contributed by atoms with E-state index in [-0.39, 0.29) is 5.78 Å². The highest BCUT2D eigenvalue weighted by Gasteiger charge is 2.13. The van der Waals surface area contributed by atoms with Crippen molar-refractivity contribution in [2.75, 3.05) is 0 Å². The SMILES string of the molecule is CC(=O)[C@H](O)C[C@@H](C)CCC=C(C)C. The normalized spacial score (nSPS) is 14.6. The van der Waals surface area contributed by atoms with Crippen molar-refractivity contribution in [3.63, 3.8) is 0 Å². The molecule has 0 saturated carbocycles. The Morgan fingerprint density at radius 2 is 1.93 bits per heavy atom. The van der Waals surface area contributed by atoms with Crippen LogP contribution in [0.25, 0.3) is 0 Å². The van der Waals surface area contributed by atoms with Crippen LogP contribution < -0.4 is 0 Å². The Labute approximate surface area is 87.0 Å². The van der Waals surface area contributed by atoms with Crippen molar-refractivity contribution in [1.29, 1.82) is 0 Å².